The predicted molar refractivity (Wildman–Crippen MR) is 99.9 cm³/mol. The third kappa shape index (κ3) is 2.93. The van der Waals surface area contributed by atoms with Gasteiger partial charge in [0.2, 0.25) is 0 Å². The van der Waals surface area contributed by atoms with Crippen LogP contribution in [-0.4, -0.2) is 15.9 Å². The minimum Gasteiger partial charge on any atom is -0.322 e. The number of aryl methyl sites for hydroxylation is 1. The van der Waals surface area contributed by atoms with E-state index < -0.39 is 0 Å². The van der Waals surface area contributed by atoms with Gasteiger partial charge in [-0.2, -0.15) is 0 Å². The summed E-state index contributed by atoms with van der Waals surface area (Å²) in [4.78, 5) is 21.1. The number of anilines is 1. The maximum absolute atomic E-state index is 12.4. The molecule has 0 atom stereocenters. The average molecular weight is 351 g/mol. The molecule has 0 spiro atoms. The van der Waals surface area contributed by atoms with Crippen molar-refractivity contribution in [3.63, 3.8) is 0 Å². The number of carbonyl (C=O) groups is 1. The standard InChI is InChI=1S/C18H13N3OS2/c1-11-20-16(9-23-11)12-2-5-14(6-3-12)21-18(22)13-4-7-15-17(8-13)24-10-19-15/h2-10H,1H3,(H,21,22). The van der Waals surface area contributed by atoms with Gasteiger partial charge in [-0.15, -0.1) is 22.7 Å². The van der Waals surface area contributed by atoms with Gasteiger partial charge in [0.05, 0.1) is 26.4 Å². The van der Waals surface area contributed by atoms with E-state index in [0.717, 1.165) is 32.2 Å². The lowest BCUT2D eigenvalue weighted by atomic mass is 10.1. The second-order valence-electron chi connectivity index (χ2n) is 5.32. The number of thiazole rings is 2. The third-order valence-electron chi connectivity index (χ3n) is 3.65. The Morgan fingerprint density at radius 3 is 2.67 bits per heavy atom. The predicted octanol–water partition coefficient (Wildman–Crippen LogP) is 4.98. The summed E-state index contributed by atoms with van der Waals surface area (Å²) in [6.45, 7) is 1.99. The van der Waals surface area contributed by atoms with Crippen molar-refractivity contribution >= 4 is 44.5 Å². The molecule has 2 aromatic heterocycles. The van der Waals surface area contributed by atoms with E-state index in [2.05, 4.69) is 15.3 Å². The molecular weight excluding hydrogens is 338 g/mol. The number of carbonyl (C=O) groups excluding carboxylic acids is 1. The van der Waals surface area contributed by atoms with E-state index in [4.69, 9.17) is 0 Å². The molecule has 0 saturated heterocycles. The van der Waals surface area contributed by atoms with Crippen molar-refractivity contribution in [3.8, 4) is 11.3 Å². The highest BCUT2D eigenvalue weighted by Gasteiger charge is 2.09. The van der Waals surface area contributed by atoms with Crippen molar-refractivity contribution < 1.29 is 4.79 Å². The molecule has 0 saturated carbocycles. The molecule has 1 N–H and O–H groups in total. The van der Waals surface area contributed by atoms with Gasteiger partial charge in [0.25, 0.3) is 5.91 Å². The van der Waals surface area contributed by atoms with Gasteiger partial charge in [-0.05, 0) is 37.3 Å². The Kier molecular flexibility index (Phi) is 3.84. The lowest BCUT2D eigenvalue weighted by molar-refractivity contribution is 0.102. The lowest BCUT2D eigenvalue weighted by Crippen LogP contribution is -2.11. The number of hydrogen-bond acceptors (Lipinski definition) is 5. The summed E-state index contributed by atoms with van der Waals surface area (Å²) in [7, 11) is 0. The molecule has 0 fully saturated rings. The van der Waals surface area contributed by atoms with E-state index in [-0.39, 0.29) is 5.91 Å². The highest BCUT2D eigenvalue weighted by atomic mass is 32.1. The lowest BCUT2D eigenvalue weighted by Gasteiger charge is -2.06. The molecule has 0 bridgehead atoms. The van der Waals surface area contributed by atoms with Gasteiger partial charge in [0.15, 0.2) is 0 Å². The van der Waals surface area contributed by atoms with E-state index in [0.29, 0.717) is 5.56 Å². The molecule has 4 nitrogen and oxygen atoms in total. The maximum Gasteiger partial charge on any atom is 0.255 e. The minimum absolute atomic E-state index is 0.123. The van der Waals surface area contributed by atoms with Crippen LogP contribution >= 0.6 is 22.7 Å². The van der Waals surface area contributed by atoms with Gasteiger partial charge in [-0.1, -0.05) is 12.1 Å². The molecule has 0 aliphatic heterocycles. The van der Waals surface area contributed by atoms with Crippen molar-refractivity contribution in [2.45, 2.75) is 6.92 Å². The first kappa shape index (κ1) is 15.0. The number of amides is 1. The van der Waals surface area contributed by atoms with Gasteiger partial charge in [0, 0.05) is 22.2 Å². The smallest absolute Gasteiger partial charge is 0.255 e. The Bertz CT molecular complexity index is 1020. The number of nitrogens with zero attached hydrogens (tertiary/aromatic N) is 2. The molecule has 0 unspecified atom stereocenters. The highest BCUT2D eigenvalue weighted by Crippen LogP contribution is 2.24. The summed E-state index contributed by atoms with van der Waals surface area (Å²) >= 11 is 3.16. The Hall–Kier alpha value is -2.57. The van der Waals surface area contributed by atoms with E-state index in [1.165, 1.54) is 11.3 Å². The second kappa shape index (κ2) is 6.14. The molecule has 1 amide bonds. The van der Waals surface area contributed by atoms with E-state index in [9.17, 15) is 4.79 Å². The first-order valence-corrected chi connectivity index (χ1v) is 9.12. The molecule has 4 aromatic rings. The molecule has 4 rings (SSSR count). The minimum atomic E-state index is -0.123. The van der Waals surface area contributed by atoms with Crippen LogP contribution in [0.25, 0.3) is 21.5 Å². The molecule has 118 valence electrons. The Balaban J connectivity index is 1.53. The van der Waals surface area contributed by atoms with Crippen molar-refractivity contribution in [3.05, 3.63) is 63.9 Å². The molecule has 6 heteroatoms. The summed E-state index contributed by atoms with van der Waals surface area (Å²) in [5.41, 5.74) is 6.10. The number of fused-ring (bicyclic) bond motifs is 1. The van der Waals surface area contributed by atoms with Crippen molar-refractivity contribution in [1.29, 1.82) is 0 Å². The van der Waals surface area contributed by atoms with Crippen LogP contribution in [0.5, 0.6) is 0 Å². The van der Waals surface area contributed by atoms with Crippen LogP contribution in [-0.2, 0) is 0 Å². The van der Waals surface area contributed by atoms with Crippen LogP contribution in [0.1, 0.15) is 15.4 Å². The van der Waals surface area contributed by atoms with E-state index >= 15 is 0 Å². The van der Waals surface area contributed by atoms with E-state index in [1.54, 1.807) is 22.9 Å². The number of benzene rings is 2. The van der Waals surface area contributed by atoms with Crippen molar-refractivity contribution in [1.82, 2.24) is 9.97 Å². The van der Waals surface area contributed by atoms with Gasteiger partial charge in [-0.3, -0.25) is 4.79 Å². The van der Waals surface area contributed by atoms with Gasteiger partial charge in [0.1, 0.15) is 0 Å². The zero-order chi connectivity index (χ0) is 16.5. The molecule has 0 radical (unpaired) electrons. The molecule has 0 aliphatic rings. The first-order chi connectivity index (χ1) is 11.7. The van der Waals surface area contributed by atoms with Crippen LogP contribution in [0.3, 0.4) is 0 Å². The van der Waals surface area contributed by atoms with Gasteiger partial charge >= 0.3 is 0 Å². The Labute approximate surface area is 146 Å². The molecular formula is C18H13N3OS2. The molecule has 2 aromatic carbocycles. The normalized spacial score (nSPS) is 10.9. The second-order valence-corrected chi connectivity index (χ2v) is 7.27. The zero-order valence-electron chi connectivity index (χ0n) is 12.8. The Morgan fingerprint density at radius 1 is 1.08 bits per heavy atom. The third-order valence-corrected chi connectivity index (χ3v) is 5.22. The topological polar surface area (TPSA) is 54.9 Å². The molecule has 24 heavy (non-hydrogen) atoms. The quantitative estimate of drug-likeness (QED) is 0.566. The Morgan fingerprint density at radius 2 is 1.92 bits per heavy atom. The fourth-order valence-electron chi connectivity index (χ4n) is 2.42. The number of aromatic nitrogens is 2. The average Bonchev–Trinajstić information content (AvgIpc) is 3.23. The highest BCUT2D eigenvalue weighted by molar-refractivity contribution is 7.16. The SMILES string of the molecule is Cc1nc(-c2ccc(NC(=O)c3ccc4ncsc4c3)cc2)cs1. The largest absolute Gasteiger partial charge is 0.322 e. The van der Waals surface area contributed by atoms with Crippen LogP contribution in [0, 0.1) is 6.92 Å². The van der Waals surface area contributed by atoms with Crippen LogP contribution in [0.2, 0.25) is 0 Å². The van der Waals surface area contributed by atoms with Gasteiger partial charge < -0.3 is 5.32 Å². The summed E-state index contributed by atoms with van der Waals surface area (Å²) in [6.07, 6.45) is 0. The number of rotatable bonds is 3. The van der Waals surface area contributed by atoms with Gasteiger partial charge in [-0.25, -0.2) is 9.97 Å². The first-order valence-electron chi connectivity index (χ1n) is 7.36. The van der Waals surface area contributed by atoms with E-state index in [1.807, 2.05) is 48.7 Å². The summed E-state index contributed by atoms with van der Waals surface area (Å²) < 4.78 is 1.01. The zero-order valence-corrected chi connectivity index (χ0v) is 14.4. The van der Waals surface area contributed by atoms with Crippen molar-refractivity contribution in [2.24, 2.45) is 0 Å². The summed E-state index contributed by atoms with van der Waals surface area (Å²) in [5, 5.41) is 6.00. The monoisotopic (exact) mass is 351 g/mol. The van der Waals surface area contributed by atoms with Crippen LogP contribution in [0.4, 0.5) is 5.69 Å². The molecule has 2 heterocycles. The summed E-state index contributed by atoms with van der Waals surface area (Å²) in [6, 6.07) is 13.3. The summed E-state index contributed by atoms with van der Waals surface area (Å²) in [5.74, 6) is -0.123. The fourth-order valence-corrected chi connectivity index (χ4v) is 3.76. The van der Waals surface area contributed by atoms with Crippen LogP contribution in [0.15, 0.2) is 53.4 Å². The van der Waals surface area contributed by atoms with Crippen LogP contribution < -0.4 is 5.32 Å². The van der Waals surface area contributed by atoms with Crippen molar-refractivity contribution in [2.75, 3.05) is 5.32 Å². The number of hydrogen-bond donors (Lipinski definition) is 1. The number of nitrogens with one attached hydrogen (secondary N) is 1. The molecule has 0 aliphatic carbocycles. The maximum atomic E-state index is 12.4. The fraction of sp³-hybridized carbons (Fsp3) is 0.0556.